The Morgan fingerprint density at radius 3 is 2.87 bits per heavy atom. The highest BCUT2D eigenvalue weighted by molar-refractivity contribution is 7.98. The van der Waals surface area contributed by atoms with E-state index >= 15 is 0 Å². The highest BCUT2D eigenvalue weighted by atomic mass is 32.2. The fraction of sp³-hybridized carbons (Fsp3) is 0.636. The summed E-state index contributed by atoms with van der Waals surface area (Å²) in [6.45, 7) is 4.41. The molecule has 82 valence electrons. The van der Waals surface area contributed by atoms with Gasteiger partial charge in [-0.05, 0) is 30.9 Å². The third kappa shape index (κ3) is 2.09. The molecule has 0 aromatic carbocycles. The van der Waals surface area contributed by atoms with Crippen LogP contribution in [0.3, 0.4) is 0 Å². The van der Waals surface area contributed by atoms with Crippen LogP contribution in [-0.2, 0) is 12.8 Å². The van der Waals surface area contributed by atoms with E-state index < -0.39 is 0 Å². The Kier molecular flexibility index (Phi) is 2.63. The van der Waals surface area contributed by atoms with E-state index in [9.17, 15) is 4.79 Å². The number of hydrogen-bond donors (Lipinski definition) is 1. The lowest BCUT2D eigenvalue weighted by molar-refractivity contribution is 0.309. The first-order chi connectivity index (χ1) is 7.02. The summed E-state index contributed by atoms with van der Waals surface area (Å²) in [5.41, 5.74) is 2.19. The van der Waals surface area contributed by atoms with Gasteiger partial charge in [-0.2, -0.15) is 0 Å². The van der Waals surface area contributed by atoms with Crippen LogP contribution >= 0.6 is 11.8 Å². The van der Waals surface area contributed by atoms with Gasteiger partial charge in [0.05, 0.1) is 5.69 Å². The molecule has 4 heteroatoms. The first-order valence-corrected chi connectivity index (χ1v) is 6.40. The fourth-order valence-corrected chi connectivity index (χ4v) is 2.43. The van der Waals surface area contributed by atoms with Crippen LogP contribution in [0.5, 0.6) is 0 Å². The maximum Gasteiger partial charge on any atom is 0.254 e. The largest absolute Gasteiger partial charge is 0.301 e. The van der Waals surface area contributed by atoms with Gasteiger partial charge in [0.25, 0.3) is 5.56 Å². The average molecular weight is 224 g/mol. The predicted octanol–water partition coefficient (Wildman–Crippen LogP) is 2.01. The van der Waals surface area contributed by atoms with Crippen molar-refractivity contribution in [1.82, 2.24) is 9.97 Å². The minimum atomic E-state index is 0.0529. The van der Waals surface area contributed by atoms with Gasteiger partial charge in [0.15, 0.2) is 5.16 Å². The molecule has 2 rings (SSSR count). The van der Waals surface area contributed by atoms with Crippen molar-refractivity contribution in [2.75, 3.05) is 6.26 Å². The van der Waals surface area contributed by atoms with Crippen molar-refractivity contribution in [3.05, 3.63) is 21.6 Å². The third-order valence-corrected chi connectivity index (χ3v) is 3.55. The lowest BCUT2D eigenvalue weighted by atomic mass is 9.76. The Morgan fingerprint density at radius 1 is 1.47 bits per heavy atom. The smallest absolute Gasteiger partial charge is 0.254 e. The molecule has 1 heterocycles. The monoisotopic (exact) mass is 224 g/mol. The number of thioether (sulfide) groups is 1. The zero-order valence-corrected chi connectivity index (χ0v) is 10.2. The van der Waals surface area contributed by atoms with Gasteiger partial charge in [0, 0.05) is 5.56 Å². The number of fused-ring (bicyclic) bond motifs is 1. The molecular formula is C11H16N2OS. The van der Waals surface area contributed by atoms with Crippen LogP contribution in [0.4, 0.5) is 0 Å². The van der Waals surface area contributed by atoms with E-state index in [1.807, 2.05) is 6.26 Å². The molecule has 3 nitrogen and oxygen atoms in total. The quantitative estimate of drug-likeness (QED) is 0.586. The van der Waals surface area contributed by atoms with Gasteiger partial charge in [-0.25, -0.2) is 4.98 Å². The maximum absolute atomic E-state index is 11.8. The van der Waals surface area contributed by atoms with Crippen LogP contribution in [0, 0.1) is 5.41 Å². The molecule has 0 aliphatic heterocycles. The minimum absolute atomic E-state index is 0.0529. The number of aromatic amines is 1. The third-order valence-electron chi connectivity index (χ3n) is 2.97. The van der Waals surface area contributed by atoms with Crippen molar-refractivity contribution in [1.29, 1.82) is 0 Å². The van der Waals surface area contributed by atoms with Crippen LogP contribution in [0.2, 0.25) is 0 Å². The Morgan fingerprint density at radius 2 is 2.20 bits per heavy atom. The number of hydrogen-bond acceptors (Lipinski definition) is 3. The molecule has 15 heavy (non-hydrogen) atoms. The van der Waals surface area contributed by atoms with Gasteiger partial charge < -0.3 is 4.98 Å². The first kappa shape index (κ1) is 10.7. The zero-order valence-electron chi connectivity index (χ0n) is 9.39. The van der Waals surface area contributed by atoms with Crippen molar-refractivity contribution in [2.24, 2.45) is 5.41 Å². The van der Waals surface area contributed by atoms with E-state index in [1.54, 1.807) is 0 Å². The van der Waals surface area contributed by atoms with E-state index in [0.29, 0.717) is 0 Å². The van der Waals surface area contributed by atoms with Gasteiger partial charge in [-0.3, -0.25) is 4.79 Å². The van der Waals surface area contributed by atoms with Gasteiger partial charge in [0.2, 0.25) is 0 Å². The van der Waals surface area contributed by atoms with Crippen molar-refractivity contribution >= 4 is 11.8 Å². The van der Waals surface area contributed by atoms with Gasteiger partial charge in [0.1, 0.15) is 0 Å². The summed E-state index contributed by atoms with van der Waals surface area (Å²) in [7, 11) is 0. The van der Waals surface area contributed by atoms with E-state index in [0.717, 1.165) is 35.7 Å². The molecule has 1 aromatic rings. The summed E-state index contributed by atoms with van der Waals surface area (Å²) in [6, 6.07) is 0. The fourth-order valence-electron chi connectivity index (χ4n) is 2.03. The van der Waals surface area contributed by atoms with E-state index in [1.165, 1.54) is 11.8 Å². The molecular weight excluding hydrogens is 208 g/mol. The van der Waals surface area contributed by atoms with E-state index in [-0.39, 0.29) is 11.0 Å². The Labute approximate surface area is 93.7 Å². The number of aromatic nitrogens is 2. The van der Waals surface area contributed by atoms with Crippen molar-refractivity contribution in [3.8, 4) is 0 Å². The van der Waals surface area contributed by atoms with E-state index in [2.05, 4.69) is 23.8 Å². The summed E-state index contributed by atoms with van der Waals surface area (Å²) in [5, 5.41) is 0.735. The van der Waals surface area contributed by atoms with Gasteiger partial charge >= 0.3 is 0 Å². The van der Waals surface area contributed by atoms with E-state index in [4.69, 9.17) is 0 Å². The maximum atomic E-state index is 11.8. The first-order valence-electron chi connectivity index (χ1n) is 5.18. The predicted molar refractivity (Wildman–Crippen MR) is 62.4 cm³/mol. The van der Waals surface area contributed by atoms with Crippen molar-refractivity contribution < 1.29 is 0 Å². The van der Waals surface area contributed by atoms with Crippen LogP contribution in [0.25, 0.3) is 0 Å². The zero-order chi connectivity index (χ0) is 11.1. The molecule has 0 bridgehead atoms. The number of H-pyrrole nitrogens is 1. The van der Waals surface area contributed by atoms with Gasteiger partial charge in [-0.1, -0.05) is 25.6 Å². The van der Waals surface area contributed by atoms with Crippen LogP contribution in [-0.4, -0.2) is 16.2 Å². The molecule has 1 aliphatic rings. The van der Waals surface area contributed by atoms with Crippen molar-refractivity contribution in [2.45, 2.75) is 38.3 Å². The Hall–Kier alpha value is -0.770. The molecule has 1 aromatic heterocycles. The normalized spacial score (nSPS) is 18.6. The second-order valence-electron chi connectivity index (χ2n) is 4.84. The number of nitrogens with one attached hydrogen (secondary N) is 1. The standard InChI is InChI=1S/C11H16N2OS/c1-11(2)5-4-8-7(6-11)9(14)13-10(12-8)15-3/h4-6H2,1-3H3,(H,12,13,14). The SMILES string of the molecule is CSc1nc2c(c(=O)[nH]1)CC(C)(C)CC2. The summed E-state index contributed by atoms with van der Waals surface area (Å²) < 4.78 is 0. The lowest BCUT2D eigenvalue weighted by Gasteiger charge is -2.29. The molecule has 0 spiro atoms. The average Bonchev–Trinajstić information content (AvgIpc) is 2.18. The molecule has 0 unspecified atom stereocenters. The second kappa shape index (κ2) is 3.67. The van der Waals surface area contributed by atoms with Gasteiger partial charge in [-0.15, -0.1) is 0 Å². The molecule has 1 aliphatic carbocycles. The molecule has 0 atom stereocenters. The number of aryl methyl sites for hydroxylation is 1. The minimum Gasteiger partial charge on any atom is -0.301 e. The Balaban J connectivity index is 2.49. The summed E-state index contributed by atoms with van der Waals surface area (Å²) in [6.07, 6.45) is 4.82. The molecule has 0 saturated heterocycles. The number of nitrogens with zero attached hydrogens (tertiary/aromatic N) is 1. The van der Waals surface area contributed by atoms with Crippen LogP contribution in [0.1, 0.15) is 31.5 Å². The number of rotatable bonds is 1. The highest BCUT2D eigenvalue weighted by Crippen LogP contribution is 2.32. The second-order valence-corrected chi connectivity index (χ2v) is 5.64. The highest BCUT2D eigenvalue weighted by Gasteiger charge is 2.28. The molecule has 0 radical (unpaired) electrons. The summed E-state index contributed by atoms with van der Waals surface area (Å²) in [4.78, 5) is 19.1. The summed E-state index contributed by atoms with van der Waals surface area (Å²) >= 11 is 1.49. The van der Waals surface area contributed by atoms with Crippen LogP contribution < -0.4 is 5.56 Å². The molecule has 0 saturated carbocycles. The topological polar surface area (TPSA) is 45.8 Å². The lowest BCUT2D eigenvalue weighted by Crippen LogP contribution is -2.30. The molecule has 0 fully saturated rings. The Bertz CT molecular complexity index is 437. The molecule has 0 amide bonds. The molecule has 1 N–H and O–H groups in total. The summed E-state index contributed by atoms with van der Waals surface area (Å²) in [5.74, 6) is 0. The van der Waals surface area contributed by atoms with Crippen molar-refractivity contribution in [3.63, 3.8) is 0 Å². The van der Waals surface area contributed by atoms with Crippen LogP contribution in [0.15, 0.2) is 9.95 Å².